The molecule has 170 valence electrons. The summed E-state index contributed by atoms with van der Waals surface area (Å²) in [6.45, 7) is 5.59. The van der Waals surface area contributed by atoms with Gasteiger partial charge in [-0.2, -0.15) is 0 Å². The molecule has 0 saturated carbocycles. The van der Waals surface area contributed by atoms with Crippen molar-refractivity contribution in [1.29, 1.82) is 0 Å². The van der Waals surface area contributed by atoms with Crippen LogP contribution >= 0.6 is 11.3 Å². The third kappa shape index (κ3) is 4.31. The maximum Gasteiger partial charge on any atom is 0.301 e. The van der Waals surface area contributed by atoms with Gasteiger partial charge < -0.3 is 14.6 Å². The summed E-state index contributed by atoms with van der Waals surface area (Å²) in [5.74, 6) is -0.658. The zero-order valence-corrected chi connectivity index (χ0v) is 19.4. The number of Topliss-reactive ketones (excluding diaryl/α,β-unsaturated/α-hetero) is 1. The summed E-state index contributed by atoms with van der Waals surface area (Å²) in [4.78, 5) is 27.5. The topological polar surface area (TPSA) is 102 Å². The smallest absolute Gasteiger partial charge is 0.301 e. The molecule has 2 aromatic carbocycles. The molecule has 0 bridgehead atoms. The fourth-order valence-corrected chi connectivity index (χ4v) is 4.37. The number of aryl methyl sites for hydroxylation is 1. The van der Waals surface area contributed by atoms with Crippen molar-refractivity contribution in [3.8, 4) is 11.5 Å². The van der Waals surface area contributed by atoms with Gasteiger partial charge in [-0.3, -0.25) is 14.5 Å². The molecule has 1 aliphatic rings. The van der Waals surface area contributed by atoms with Crippen molar-refractivity contribution >= 4 is 33.9 Å². The molecular formula is C24H23N3O5S. The first-order valence-corrected chi connectivity index (χ1v) is 11.1. The van der Waals surface area contributed by atoms with Gasteiger partial charge >= 0.3 is 5.91 Å². The summed E-state index contributed by atoms with van der Waals surface area (Å²) in [6.07, 6.45) is -0.00167. The van der Waals surface area contributed by atoms with Crippen molar-refractivity contribution < 1.29 is 24.2 Å². The van der Waals surface area contributed by atoms with Crippen LogP contribution in [-0.2, 0) is 9.59 Å². The monoisotopic (exact) mass is 465 g/mol. The predicted octanol–water partition coefficient (Wildman–Crippen LogP) is 4.27. The minimum Gasteiger partial charge on any atom is -0.507 e. The molecular weight excluding hydrogens is 442 g/mol. The molecule has 0 spiro atoms. The molecule has 1 N–H and O–H groups in total. The lowest BCUT2D eigenvalue weighted by molar-refractivity contribution is -0.132. The van der Waals surface area contributed by atoms with E-state index in [0.717, 1.165) is 0 Å². The van der Waals surface area contributed by atoms with Crippen molar-refractivity contribution in [2.75, 3.05) is 12.0 Å². The molecule has 1 aliphatic heterocycles. The Hall–Kier alpha value is -3.72. The maximum absolute atomic E-state index is 13.2. The van der Waals surface area contributed by atoms with Crippen LogP contribution in [0.5, 0.6) is 11.5 Å². The molecule has 33 heavy (non-hydrogen) atoms. The molecule has 1 saturated heterocycles. The van der Waals surface area contributed by atoms with Crippen LogP contribution in [0.15, 0.2) is 54.1 Å². The van der Waals surface area contributed by atoms with E-state index in [9.17, 15) is 14.7 Å². The van der Waals surface area contributed by atoms with E-state index in [2.05, 4.69) is 10.2 Å². The predicted molar refractivity (Wildman–Crippen MR) is 125 cm³/mol. The zero-order valence-electron chi connectivity index (χ0n) is 18.6. The average molecular weight is 466 g/mol. The fraction of sp³-hybridized carbons (Fsp3) is 0.250. The fourth-order valence-electron chi connectivity index (χ4n) is 3.66. The number of aliphatic hydroxyl groups excluding tert-OH is 1. The molecule has 0 aliphatic carbocycles. The van der Waals surface area contributed by atoms with E-state index in [4.69, 9.17) is 9.47 Å². The minimum atomic E-state index is -0.890. The van der Waals surface area contributed by atoms with Crippen LogP contribution in [0, 0.1) is 6.92 Å². The number of rotatable bonds is 6. The number of anilines is 1. The van der Waals surface area contributed by atoms with Crippen molar-refractivity contribution in [3.63, 3.8) is 0 Å². The van der Waals surface area contributed by atoms with Gasteiger partial charge in [0.2, 0.25) is 5.13 Å². The summed E-state index contributed by atoms with van der Waals surface area (Å²) in [5.41, 5.74) is 0.965. The Labute approximate surface area is 195 Å². The highest BCUT2D eigenvalue weighted by atomic mass is 32.1. The quantitative estimate of drug-likeness (QED) is 0.329. The standard InChI is InChI=1S/C24H23N3O5S/c1-13(2)32-17-10-8-15(9-11-17)21(28)19-20(16-6-5-7-18(12-16)31-4)27(23(30)22(19)29)24-26-25-14(3)33-24/h5-13,20,28H,1-4H3. The van der Waals surface area contributed by atoms with Gasteiger partial charge in [0.05, 0.1) is 24.8 Å². The van der Waals surface area contributed by atoms with Crippen molar-refractivity contribution in [3.05, 3.63) is 70.2 Å². The van der Waals surface area contributed by atoms with Gasteiger partial charge in [-0.05, 0) is 62.7 Å². The van der Waals surface area contributed by atoms with Crippen molar-refractivity contribution in [2.45, 2.75) is 32.9 Å². The second kappa shape index (κ2) is 9.03. The number of carbonyl (C=O) groups excluding carboxylic acids is 2. The van der Waals surface area contributed by atoms with E-state index in [-0.39, 0.29) is 22.6 Å². The number of hydrogen-bond donors (Lipinski definition) is 1. The zero-order chi connectivity index (χ0) is 23.7. The van der Waals surface area contributed by atoms with Crippen LogP contribution in [-0.4, -0.2) is 40.2 Å². The number of ether oxygens (including phenoxy) is 2. The Morgan fingerprint density at radius 3 is 2.42 bits per heavy atom. The molecule has 4 rings (SSSR count). The molecule has 1 unspecified atom stereocenters. The maximum atomic E-state index is 13.2. The molecule has 8 nitrogen and oxygen atoms in total. The number of benzene rings is 2. The summed E-state index contributed by atoms with van der Waals surface area (Å²) in [6, 6.07) is 12.8. The highest BCUT2D eigenvalue weighted by Crippen LogP contribution is 2.43. The van der Waals surface area contributed by atoms with Crippen molar-refractivity contribution in [2.24, 2.45) is 0 Å². The highest BCUT2D eigenvalue weighted by molar-refractivity contribution is 7.15. The summed E-state index contributed by atoms with van der Waals surface area (Å²) in [5, 5.41) is 20.2. The van der Waals surface area contributed by atoms with Crippen LogP contribution in [0.4, 0.5) is 5.13 Å². The van der Waals surface area contributed by atoms with Crippen LogP contribution in [0.25, 0.3) is 5.76 Å². The molecule has 1 atom stereocenters. The number of aliphatic hydroxyl groups is 1. The Morgan fingerprint density at radius 2 is 1.82 bits per heavy atom. The first kappa shape index (κ1) is 22.5. The van der Waals surface area contributed by atoms with E-state index in [1.54, 1.807) is 55.5 Å². The molecule has 9 heteroatoms. The first-order chi connectivity index (χ1) is 15.8. The third-order valence-corrected chi connectivity index (χ3v) is 5.91. The highest BCUT2D eigenvalue weighted by Gasteiger charge is 2.48. The van der Waals surface area contributed by atoms with E-state index in [1.807, 2.05) is 13.8 Å². The average Bonchev–Trinajstić information content (AvgIpc) is 3.34. The van der Waals surface area contributed by atoms with Crippen molar-refractivity contribution in [1.82, 2.24) is 10.2 Å². The van der Waals surface area contributed by atoms with Crippen LogP contribution in [0.1, 0.15) is 36.0 Å². The molecule has 1 fully saturated rings. The van der Waals surface area contributed by atoms with E-state index in [1.165, 1.54) is 23.3 Å². The molecule has 2 heterocycles. The van der Waals surface area contributed by atoms with E-state index >= 15 is 0 Å². The Balaban J connectivity index is 1.87. The number of nitrogens with zero attached hydrogens (tertiary/aromatic N) is 3. The number of ketones is 1. The van der Waals surface area contributed by atoms with Gasteiger partial charge in [0.15, 0.2) is 0 Å². The van der Waals surface area contributed by atoms with Gasteiger partial charge in [-0.25, -0.2) is 0 Å². The van der Waals surface area contributed by atoms with Gasteiger partial charge in [-0.1, -0.05) is 23.5 Å². The van der Waals surface area contributed by atoms with Crippen LogP contribution in [0.2, 0.25) is 0 Å². The lowest BCUT2D eigenvalue weighted by atomic mass is 9.95. The molecule has 3 aromatic rings. The number of carbonyl (C=O) groups is 2. The van der Waals surface area contributed by atoms with Gasteiger partial charge in [0.25, 0.3) is 5.78 Å². The largest absolute Gasteiger partial charge is 0.507 e. The number of amides is 1. The lowest BCUT2D eigenvalue weighted by Crippen LogP contribution is -2.29. The summed E-state index contributed by atoms with van der Waals surface area (Å²) < 4.78 is 11.0. The third-order valence-electron chi connectivity index (χ3n) is 5.07. The van der Waals surface area contributed by atoms with Crippen LogP contribution < -0.4 is 14.4 Å². The molecule has 1 amide bonds. The Bertz CT molecular complexity index is 1230. The van der Waals surface area contributed by atoms with Crippen LogP contribution in [0.3, 0.4) is 0 Å². The van der Waals surface area contributed by atoms with Gasteiger partial charge in [0, 0.05) is 5.56 Å². The van der Waals surface area contributed by atoms with E-state index < -0.39 is 17.7 Å². The Morgan fingerprint density at radius 1 is 1.09 bits per heavy atom. The number of hydrogen-bond acceptors (Lipinski definition) is 8. The number of methoxy groups -OCH3 is 1. The first-order valence-electron chi connectivity index (χ1n) is 10.3. The second-order valence-electron chi connectivity index (χ2n) is 7.74. The second-order valence-corrected chi connectivity index (χ2v) is 8.90. The van der Waals surface area contributed by atoms with Gasteiger partial charge in [0.1, 0.15) is 22.3 Å². The SMILES string of the molecule is COc1cccc(C2C(=C(O)c3ccc(OC(C)C)cc3)C(=O)C(=O)N2c2nnc(C)s2)c1. The lowest BCUT2D eigenvalue weighted by Gasteiger charge is -2.23. The molecule has 0 radical (unpaired) electrons. The normalized spacial score (nSPS) is 17.6. The summed E-state index contributed by atoms with van der Waals surface area (Å²) in [7, 11) is 1.53. The Kier molecular flexibility index (Phi) is 6.15. The molecule has 1 aromatic heterocycles. The number of aromatic nitrogens is 2. The van der Waals surface area contributed by atoms with E-state index in [0.29, 0.717) is 27.6 Å². The summed E-state index contributed by atoms with van der Waals surface area (Å²) >= 11 is 1.19. The minimum absolute atomic E-state index is 0.00167. The van der Waals surface area contributed by atoms with Gasteiger partial charge in [-0.15, -0.1) is 10.2 Å².